The maximum atomic E-state index is 10.9. The minimum Gasteiger partial charge on any atom is -0.326 e. The van der Waals surface area contributed by atoms with E-state index in [1.54, 1.807) is 0 Å². The molecular weight excluding hydrogens is 188 g/mol. The molecule has 15 heavy (non-hydrogen) atoms. The topological polar surface area (TPSA) is 55.1 Å². The van der Waals surface area contributed by atoms with E-state index < -0.39 is 0 Å². The molecule has 1 aromatic carbocycles. The predicted molar refractivity (Wildman–Crippen MR) is 60.6 cm³/mol. The average molecular weight is 204 g/mol. The Bertz CT molecular complexity index is 387. The number of rotatable bonds is 1. The van der Waals surface area contributed by atoms with E-state index in [-0.39, 0.29) is 11.9 Å². The Morgan fingerprint density at radius 1 is 1.53 bits per heavy atom. The second kappa shape index (κ2) is 4.03. The lowest BCUT2D eigenvalue weighted by molar-refractivity contribution is -0.114. The summed E-state index contributed by atoms with van der Waals surface area (Å²) in [6, 6.07) is 6.14. The highest BCUT2D eigenvalue weighted by Gasteiger charge is 2.16. The molecule has 1 amide bonds. The molecule has 1 atom stereocenters. The Morgan fingerprint density at radius 2 is 2.33 bits per heavy atom. The molecule has 2 rings (SSSR count). The molecule has 0 aliphatic heterocycles. The Kier molecular flexibility index (Phi) is 2.73. The number of fused-ring (bicyclic) bond motifs is 1. The Morgan fingerprint density at radius 3 is 3.07 bits per heavy atom. The van der Waals surface area contributed by atoms with E-state index in [2.05, 4.69) is 11.4 Å². The molecule has 0 spiro atoms. The molecule has 0 saturated carbocycles. The average Bonchev–Trinajstić information content (AvgIpc) is 2.18. The fourth-order valence-electron chi connectivity index (χ4n) is 2.12. The molecule has 3 nitrogen and oxygen atoms in total. The minimum absolute atomic E-state index is 0.0423. The third kappa shape index (κ3) is 2.18. The third-order valence-corrected chi connectivity index (χ3v) is 2.83. The van der Waals surface area contributed by atoms with E-state index >= 15 is 0 Å². The van der Waals surface area contributed by atoms with E-state index in [1.807, 2.05) is 12.1 Å². The number of anilines is 1. The van der Waals surface area contributed by atoms with Crippen LogP contribution < -0.4 is 11.1 Å². The monoisotopic (exact) mass is 204 g/mol. The van der Waals surface area contributed by atoms with Crippen molar-refractivity contribution in [1.29, 1.82) is 0 Å². The molecular formula is C12H16N2O. The summed E-state index contributed by atoms with van der Waals surface area (Å²) in [6.07, 6.45) is 3.30. The van der Waals surface area contributed by atoms with Crippen LogP contribution in [0.4, 0.5) is 5.69 Å². The van der Waals surface area contributed by atoms with Gasteiger partial charge in [0.15, 0.2) is 0 Å². The maximum absolute atomic E-state index is 10.9. The Labute approximate surface area is 89.7 Å². The molecule has 0 bridgehead atoms. The summed E-state index contributed by atoms with van der Waals surface area (Å²) in [4.78, 5) is 10.9. The second-order valence-corrected chi connectivity index (χ2v) is 4.09. The first-order valence-electron chi connectivity index (χ1n) is 5.33. The van der Waals surface area contributed by atoms with Crippen LogP contribution in [-0.2, 0) is 11.2 Å². The van der Waals surface area contributed by atoms with Crippen molar-refractivity contribution in [3.05, 3.63) is 29.3 Å². The van der Waals surface area contributed by atoms with Gasteiger partial charge in [-0.05, 0) is 42.5 Å². The smallest absolute Gasteiger partial charge is 0.221 e. The van der Waals surface area contributed by atoms with Crippen LogP contribution in [0, 0.1) is 0 Å². The third-order valence-electron chi connectivity index (χ3n) is 2.83. The number of carbonyl (C=O) groups excluding carboxylic acids is 1. The summed E-state index contributed by atoms with van der Waals surface area (Å²) in [5.41, 5.74) is 9.39. The molecule has 1 aromatic rings. The van der Waals surface area contributed by atoms with Gasteiger partial charge < -0.3 is 11.1 Å². The van der Waals surface area contributed by atoms with Crippen molar-refractivity contribution >= 4 is 11.6 Å². The lowest BCUT2D eigenvalue weighted by Crippen LogP contribution is -2.18. The number of aryl methyl sites for hydroxylation is 1. The lowest BCUT2D eigenvalue weighted by atomic mass is 9.88. The van der Waals surface area contributed by atoms with E-state index in [4.69, 9.17) is 5.73 Å². The molecule has 0 heterocycles. The highest BCUT2D eigenvalue weighted by molar-refractivity contribution is 5.88. The van der Waals surface area contributed by atoms with Crippen LogP contribution in [0.3, 0.4) is 0 Å². The molecule has 0 radical (unpaired) electrons. The zero-order valence-corrected chi connectivity index (χ0v) is 8.92. The first-order valence-corrected chi connectivity index (χ1v) is 5.33. The van der Waals surface area contributed by atoms with Crippen LogP contribution in [0.5, 0.6) is 0 Å². The number of hydrogen-bond donors (Lipinski definition) is 2. The van der Waals surface area contributed by atoms with Gasteiger partial charge >= 0.3 is 0 Å². The van der Waals surface area contributed by atoms with Crippen LogP contribution in [0.15, 0.2) is 18.2 Å². The maximum Gasteiger partial charge on any atom is 0.221 e. The highest BCUT2D eigenvalue weighted by atomic mass is 16.1. The number of benzene rings is 1. The van der Waals surface area contributed by atoms with Gasteiger partial charge in [-0.1, -0.05) is 6.07 Å². The fraction of sp³-hybridized carbons (Fsp3) is 0.417. The number of carbonyl (C=O) groups is 1. The predicted octanol–water partition coefficient (Wildman–Crippen LogP) is 1.98. The zero-order valence-electron chi connectivity index (χ0n) is 8.92. The Hall–Kier alpha value is -1.35. The largest absolute Gasteiger partial charge is 0.326 e. The van der Waals surface area contributed by atoms with E-state index in [0.717, 1.165) is 24.9 Å². The summed E-state index contributed by atoms with van der Waals surface area (Å²) >= 11 is 0. The zero-order chi connectivity index (χ0) is 10.8. The molecule has 1 aliphatic rings. The summed E-state index contributed by atoms with van der Waals surface area (Å²) in [6.45, 7) is 1.51. The molecule has 0 aromatic heterocycles. The van der Waals surface area contributed by atoms with E-state index in [9.17, 15) is 4.79 Å². The van der Waals surface area contributed by atoms with Crippen LogP contribution in [-0.4, -0.2) is 5.91 Å². The molecule has 1 unspecified atom stereocenters. The van der Waals surface area contributed by atoms with Gasteiger partial charge in [-0.25, -0.2) is 0 Å². The molecule has 1 aliphatic carbocycles. The first kappa shape index (κ1) is 10.2. The van der Waals surface area contributed by atoms with Gasteiger partial charge in [0.2, 0.25) is 5.91 Å². The van der Waals surface area contributed by atoms with Crippen molar-refractivity contribution < 1.29 is 4.79 Å². The summed E-state index contributed by atoms with van der Waals surface area (Å²) in [5.74, 6) is -0.0423. The van der Waals surface area contributed by atoms with E-state index in [1.165, 1.54) is 18.1 Å². The number of nitrogens with two attached hydrogens (primary N) is 1. The first-order chi connectivity index (χ1) is 7.16. The van der Waals surface area contributed by atoms with Crippen molar-refractivity contribution in [3.63, 3.8) is 0 Å². The van der Waals surface area contributed by atoms with Crippen LogP contribution in [0.25, 0.3) is 0 Å². The Balaban J connectivity index is 2.31. The van der Waals surface area contributed by atoms with Crippen molar-refractivity contribution in [2.45, 2.75) is 32.2 Å². The SMILES string of the molecule is CC(=O)Nc1ccc2c(c1)C(N)CCC2. The van der Waals surface area contributed by atoms with Gasteiger partial charge in [0.1, 0.15) is 0 Å². The van der Waals surface area contributed by atoms with E-state index in [0.29, 0.717) is 0 Å². The van der Waals surface area contributed by atoms with Crippen molar-refractivity contribution in [2.75, 3.05) is 5.32 Å². The highest BCUT2D eigenvalue weighted by Crippen LogP contribution is 2.29. The lowest BCUT2D eigenvalue weighted by Gasteiger charge is -2.22. The summed E-state index contributed by atoms with van der Waals surface area (Å²) in [5, 5.41) is 2.78. The van der Waals surface area contributed by atoms with Crippen LogP contribution in [0.1, 0.15) is 36.9 Å². The van der Waals surface area contributed by atoms with Gasteiger partial charge in [0.05, 0.1) is 0 Å². The van der Waals surface area contributed by atoms with Crippen molar-refractivity contribution in [3.8, 4) is 0 Å². The van der Waals surface area contributed by atoms with Gasteiger partial charge in [-0.2, -0.15) is 0 Å². The minimum atomic E-state index is -0.0423. The number of nitrogens with one attached hydrogen (secondary N) is 1. The second-order valence-electron chi connectivity index (χ2n) is 4.09. The summed E-state index contributed by atoms with van der Waals surface area (Å²) < 4.78 is 0. The standard InChI is InChI=1S/C12H16N2O/c1-8(15)14-10-6-5-9-3-2-4-12(13)11(9)7-10/h5-7,12H,2-4,13H2,1H3,(H,14,15). The molecule has 0 fully saturated rings. The number of amides is 1. The van der Waals surface area contributed by atoms with Crippen molar-refractivity contribution in [1.82, 2.24) is 0 Å². The van der Waals surface area contributed by atoms with Gasteiger partial charge in [-0.3, -0.25) is 4.79 Å². The quantitative estimate of drug-likeness (QED) is 0.735. The molecule has 3 heteroatoms. The summed E-state index contributed by atoms with van der Waals surface area (Å²) in [7, 11) is 0. The molecule has 80 valence electrons. The van der Waals surface area contributed by atoms with Gasteiger partial charge in [0, 0.05) is 18.7 Å². The van der Waals surface area contributed by atoms with Gasteiger partial charge in [0.25, 0.3) is 0 Å². The van der Waals surface area contributed by atoms with Crippen LogP contribution >= 0.6 is 0 Å². The fourth-order valence-corrected chi connectivity index (χ4v) is 2.12. The van der Waals surface area contributed by atoms with Gasteiger partial charge in [-0.15, -0.1) is 0 Å². The number of hydrogen-bond acceptors (Lipinski definition) is 2. The normalized spacial score (nSPS) is 19.5. The molecule has 0 saturated heterocycles. The van der Waals surface area contributed by atoms with Crippen LogP contribution in [0.2, 0.25) is 0 Å². The van der Waals surface area contributed by atoms with Crippen molar-refractivity contribution in [2.24, 2.45) is 5.73 Å². The molecule has 3 N–H and O–H groups in total.